The summed E-state index contributed by atoms with van der Waals surface area (Å²) in [6.45, 7) is 5.32. The van der Waals surface area contributed by atoms with Crippen LogP contribution in [0.25, 0.3) is 0 Å². The van der Waals surface area contributed by atoms with Crippen LogP contribution in [0.5, 0.6) is 0 Å². The molecule has 4 rings (SSSR count). The molecule has 3 aliphatic rings. The molecule has 6 heteroatoms. The molecule has 1 aromatic carbocycles. The fourth-order valence-electron chi connectivity index (χ4n) is 4.49. The number of hydrogen-bond acceptors (Lipinski definition) is 3. The fourth-order valence-corrected chi connectivity index (χ4v) is 4.49. The molecule has 0 bridgehead atoms. The Hall–Kier alpha value is -2.08. The first-order valence-corrected chi connectivity index (χ1v) is 10.6. The number of likely N-dealkylation sites (tertiary alicyclic amines) is 1. The number of nitrogens with zero attached hydrogens (tertiary/aromatic N) is 1. The first kappa shape index (κ1) is 19.2. The highest BCUT2D eigenvalue weighted by Crippen LogP contribution is 2.44. The number of aryl methyl sites for hydroxylation is 1. The molecule has 152 valence electrons. The van der Waals surface area contributed by atoms with Crippen LogP contribution >= 0.6 is 0 Å². The maximum absolute atomic E-state index is 12.9. The largest absolute Gasteiger partial charge is 0.381 e. The van der Waals surface area contributed by atoms with E-state index in [0.717, 1.165) is 31.5 Å². The predicted molar refractivity (Wildman–Crippen MR) is 108 cm³/mol. The lowest BCUT2D eigenvalue weighted by Gasteiger charge is -2.37. The van der Waals surface area contributed by atoms with E-state index >= 15 is 0 Å². The molecule has 0 radical (unpaired) electrons. The van der Waals surface area contributed by atoms with Crippen molar-refractivity contribution < 1.29 is 14.3 Å². The molecule has 2 N–H and O–H groups in total. The molecule has 0 aromatic heterocycles. The summed E-state index contributed by atoms with van der Waals surface area (Å²) in [5, 5.41) is 6.14. The van der Waals surface area contributed by atoms with Crippen LogP contribution in [-0.4, -0.2) is 49.7 Å². The Morgan fingerprint density at radius 3 is 2.54 bits per heavy atom. The summed E-state index contributed by atoms with van der Waals surface area (Å²) in [5.74, 6) is 0.612. The quantitative estimate of drug-likeness (QED) is 0.818. The van der Waals surface area contributed by atoms with Gasteiger partial charge in [0.25, 0.3) is 0 Å². The van der Waals surface area contributed by atoms with Crippen LogP contribution in [0.2, 0.25) is 0 Å². The smallest absolute Gasteiger partial charge is 0.321 e. The molecule has 2 saturated heterocycles. The van der Waals surface area contributed by atoms with Gasteiger partial charge < -0.3 is 20.3 Å². The van der Waals surface area contributed by atoms with E-state index in [-0.39, 0.29) is 23.3 Å². The number of carbonyl (C=O) groups is 2. The summed E-state index contributed by atoms with van der Waals surface area (Å²) in [6.07, 6.45) is 5.08. The fraction of sp³-hybridized carbons (Fsp3) is 0.636. The molecule has 1 atom stereocenters. The molecular formula is C22H31N3O3. The van der Waals surface area contributed by atoms with Crippen molar-refractivity contribution >= 4 is 17.6 Å². The first-order valence-electron chi connectivity index (χ1n) is 10.6. The molecule has 1 saturated carbocycles. The third-order valence-electron chi connectivity index (χ3n) is 6.62. The van der Waals surface area contributed by atoms with E-state index in [1.165, 1.54) is 18.4 Å². The maximum Gasteiger partial charge on any atom is 0.321 e. The van der Waals surface area contributed by atoms with Gasteiger partial charge in [-0.2, -0.15) is 0 Å². The summed E-state index contributed by atoms with van der Waals surface area (Å²) in [6, 6.07) is 7.84. The molecule has 2 heterocycles. The van der Waals surface area contributed by atoms with E-state index in [0.29, 0.717) is 32.2 Å². The van der Waals surface area contributed by atoms with E-state index in [1.54, 1.807) is 0 Å². The number of amides is 3. The van der Waals surface area contributed by atoms with Gasteiger partial charge in [-0.1, -0.05) is 19.1 Å². The summed E-state index contributed by atoms with van der Waals surface area (Å²) in [7, 11) is 0. The molecule has 1 aromatic rings. The molecule has 3 amide bonds. The highest BCUT2D eigenvalue weighted by atomic mass is 16.5. The van der Waals surface area contributed by atoms with Crippen LogP contribution in [0.15, 0.2) is 24.3 Å². The zero-order chi connectivity index (χ0) is 19.6. The number of ether oxygens (including phenoxy) is 1. The highest BCUT2D eigenvalue weighted by Gasteiger charge is 2.51. The lowest BCUT2D eigenvalue weighted by atomic mass is 9.72. The van der Waals surface area contributed by atoms with Crippen LogP contribution in [-0.2, 0) is 16.0 Å². The van der Waals surface area contributed by atoms with Crippen molar-refractivity contribution in [3.05, 3.63) is 29.8 Å². The third-order valence-corrected chi connectivity index (χ3v) is 6.62. The number of urea groups is 1. The van der Waals surface area contributed by atoms with Crippen molar-refractivity contribution in [3.8, 4) is 0 Å². The lowest BCUT2D eigenvalue weighted by Crippen LogP contribution is -2.44. The molecule has 1 aliphatic carbocycles. The van der Waals surface area contributed by atoms with E-state index in [9.17, 15) is 9.59 Å². The number of carbonyl (C=O) groups excluding carboxylic acids is 2. The Morgan fingerprint density at radius 2 is 1.89 bits per heavy atom. The summed E-state index contributed by atoms with van der Waals surface area (Å²) < 4.78 is 5.55. The topological polar surface area (TPSA) is 70.7 Å². The number of hydrogen-bond donors (Lipinski definition) is 2. The van der Waals surface area contributed by atoms with Gasteiger partial charge in [0, 0.05) is 44.0 Å². The number of nitrogens with one attached hydrogen (secondary N) is 2. The Bertz CT molecular complexity index is 708. The van der Waals surface area contributed by atoms with Crippen LogP contribution in [0.3, 0.4) is 0 Å². The number of benzene rings is 1. The minimum atomic E-state index is -0.157. The van der Waals surface area contributed by atoms with Gasteiger partial charge in [0.15, 0.2) is 0 Å². The maximum atomic E-state index is 12.9. The van der Waals surface area contributed by atoms with Crippen molar-refractivity contribution in [2.75, 3.05) is 38.2 Å². The minimum absolute atomic E-state index is 0.108. The zero-order valence-electron chi connectivity index (χ0n) is 16.7. The number of rotatable bonds is 5. The lowest BCUT2D eigenvalue weighted by molar-refractivity contribution is -0.129. The van der Waals surface area contributed by atoms with Gasteiger partial charge in [0.2, 0.25) is 5.91 Å². The second-order valence-electron chi connectivity index (χ2n) is 8.58. The van der Waals surface area contributed by atoms with Crippen molar-refractivity contribution in [3.63, 3.8) is 0 Å². The summed E-state index contributed by atoms with van der Waals surface area (Å²) >= 11 is 0. The van der Waals surface area contributed by atoms with Crippen molar-refractivity contribution in [1.29, 1.82) is 0 Å². The van der Waals surface area contributed by atoms with Gasteiger partial charge in [-0.05, 0) is 55.7 Å². The molecule has 1 spiro atoms. The predicted octanol–water partition coefficient (Wildman–Crippen LogP) is 3.04. The standard InChI is InChI=1S/C22H31N3O3/c1-2-16-5-7-18(8-6-16)24-21(27)25-14-19(20(26)23-13-17-3-4-17)22(15-25)9-11-28-12-10-22/h5-8,17,19H,2-4,9-15H2,1H3,(H,23,26)(H,24,27). The van der Waals surface area contributed by atoms with Crippen molar-refractivity contribution in [2.24, 2.45) is 17.3 Å². The van der Waals surface area contributed by atoms with E-state index in [2.05, 4.69) is 17.6 Å². The first-order chi connectivity index (χ1) is 13.6. The second kappa shape index (κ2) is 8.11. The third kappa shape index (κ3) is 4.17. The average Bonchev–Trinajstić information content (AvgIpc) is 3.48. The van der Waals surface area contributed by atoms with Crippen LogP contribution in [0, 0.1) is 17.3 Å². The second-order valence-corrected chi connectivity index (χ2v) is 8.58. The van der Waals surface area contributed by atoms with Crippen LogP contribution in [0.4, 0.5) is 10.5 Å². The normalized spacial score (nSPS) is 23.6. The van der Waals surface area contributed by atoms with Crippen molar-refractivity contribution in [1.82, 2.24) is 10.2 Å². The van der Waals surface area contributed by atoms with Gasteiger partial charge in [-0.3, -0.25) is 4.79 Å². The molecule has 1 unspecified atom stereocenters. The van der Waals surface area contributed by atoms with E-state index in [1.807, 2.05) is 29.2 Å². The Kier molecular flexibility index (Phi) is 5.58. The molecule has 3 fully saturated rings. The SMILES string of the molecule is CCc1ccc(NC(=O)N2CC(C(=O)NCC3CC3)C3(CCOCC3)C2)cc1. The van der Waals surface area contributed by atoms with Gasteiger partial charge >= 0.3 is 6.03 Å². The Balaban J connectivity index is 1.43. The van der Waals surface area contributed by atoms with Gasteiger partial charge in [-0.25, -0.2) is 4.79 Å². The summed E-state index contributed by atoms with van der Waals surface area (Å²) in [5.41, 5.74) is 1.88. The highest BCUT2D eigenvalue weighted by molar-refractivity contribution is 5.90. The van der Waals surface area contributed by atoms with Gasteiger partial charge in [0.05, 0.1) is 5.92 Å². The number of anilines is 1. The monoisotopic (exact) mass is 385 g/mol. The Labute approximate surface area is 167 Å². The van der Waals surface area contributed by atoms with E-state index < -0.39 is 0 Å². The molecule has 6 nitrogen and oxygen atoms in total. The molecular weight excluding hydrogens is 354 g/mol. The van der Waals surface area contributed by atoms with Gasteiger partial charge in [-0.15, -0.1) is 0 Å². The van der Waals surface area contributed by atoms with E-state index in [4.69, 9.17) is 4.74 Å². The minimum Gasteiger partial charge on any atom is -0.381 e. The van der Waals surface area contributed by atoms with Crippen LogP contribution < -0.4 is 10.6 Å². The summed E-state index contributed by atoms with van der Waals surface area (Å²) in [4.78, 5) is 27.6. The molecule has 2 aliphatic heterocycles. The van der Waals surface area contributed by atoms with Gasteiger partial charge in [0.1, 0.15) is 0 Å². The van der Waals surface area contributed by atoms with Crippen LogP contribution in [0.1, 0.15) is 38.2 Å². The average molecular weight is 386 g/mol. The Morgan fingerprint density at radius 1 is 1.18 bits per heavy atom. The molecule has 28 heavy (non-hydrogen) atoms. The van der Waals surface area contributed by atoms with Crippen molar-refractivity contribution in [2.45, 2.75) is 39.0 Å². The zero-order valence-corrected chi connectivity index (χ0v) is 16.7.